The van der Waals surface area contributed by atoms with Crippen molar-refractivity contribution in [1.29, 1.82) is 0 Å². The lowest BCUT2D eigenvalue weighted by Crippen LogP contribution is -2.28. The Balaban J connectivity index is 2.34. The minimum atomic E-state index is 0.154. The largest absolute Gasteiger partial charge is 0.312 e. The summed E-state index contributed by atoms with van der Waals surface area (Å²) in [7, 11) is 0. The highest BCUT2D eigenvalue weighted by molar-refractivity contribution is 5.19. The van der Waals surface area contributed by atoms with Crippen LogP contribution in [0, 0.1) is 5.92 Å². The fourth-order valence-corrected chi connectivity index (χ4v) is 1.88. The molecule has 1 aliphatic rings. The fraction of sp³-hybridized carbons (Fsp3) is 0.700. The first-order valence-corrected chi connectivity index (χ1v) is 5.19. The molecule has 2 rings (SSSR count). The molecule has 0 atom stereocenters. The lowest BCUT2D eigenvalue weighted by molar-refractivity contribution is 0.470. The molecule has 1 aromatic rings. The minimum Gasteiger partial charge on any atom is -0.312 e. The van der Waals surface area contributed by atoms with Gasteiger partial charge in [-0.1, -0.05) is 13.8 Å². The zero-order valence-electron chi connectivity index (χ0n) is 8.76. The third-order valence-electron chi connectivity index (χ3n) is 2.54. The first-order valence-electron chi connectivity index (χ1n) is 5.19. The Kier molecular flexibility index (Phi) is 2.46. The summed E-state index contributed by atoms with van der Waals surface area (Å²) >= 11 is 0. The average molecular weight is 195 g/mol. The number of aromatic amines is 1. The summed E-state index contributed by atoms with van der Waals surface area (Å²) in [6.07, 6.45) is 0.940. The molecule has 1 aliphatic heterocycles. The molecule has 0 bridgehead atoms. The highest BCUT2D eigenvalue weighted by Gasteiger charge is 2.17. The van der Waals surface area contributed by atoms with E-state index in [0.29, 0.717) is 5.92 Å². The fourth-order valence-electron chi connectivity index (χ4n) is 1.88. The molecule has 0 amide bonds. The lowest BCUT2D eigenvalue weighted by Gasteiger charge is -2.09. The topological polar surface area (TPSA) is 49.8 Å². The van der Waals surface area contributed by atoms with Gasteiger partial charge in [-0.2, -0.15) is 0 Å². The predicted molar refractivity (Wildman–Crippen MR) is 55.3 cm³/mol. The molecule has 14 heavy (non-hydrogen) atoms. The van der Waals surface area contributed by atoms with Crippen LogP contribution in [0.5, 0.6) is 0 Å². The summed E-state index contributed by atoms with van der Waals surface area (Å²) in [6.45, 7) is 6.70. The van der Waals surface area contributed by atoms with Crippen molar-refractivity contribution in [1.82, 2.24) is 15.1 Å². The van der Waals surface area contributed by atoms with Crippen molar-refractivity contribution in [2.75, 3.05) is 6.54 Å². The van der Waals surface area contributed by atoms with Gasteiger partial charge < -0.3 is 5.32 Å². The molecule has 1 aromatic heterocycles. The molecule has 0 unspecified atom stereocenters. The number of H-pyrrole nitrogens is 1. The first kappa shape index (κ1) is 9.52. The predicted octanol–water partition coefficient (Wildman–Crippen LogP) is 0.478. The summed E-state index contributed by atoms with van der Waals surface area (Å²) in [5.41, 5.74) is 2.20. The Morgan fingerprint density at radius 2 is 2.29 bits per heavy atom. The van der Waals surface area contributed by atoms with Crippen LogP contribution in [0.3, 0.4) is 0 Å². The third-order valence-corrected chi connectivity index (χ3v) is 2.54. The zero-order valence-corrected chi connectivity index (χ0v) is 8.76. The van der Waals surface area contributed by atoms with Gasteiger partial charge in [0.25, 0.3) is 5.56 Å². The van der Waals surface area contributed by atoms with Gasteiger partial charge in [0.05, 0.1) is 5.56 Å². The Bertz CT molecular complexity index is 375. The maximum Gasteiger partial charge on any atom is 0.271 e. The van der Waals surface area contributed by atoms with Crippen LogP contribution in [0.25, 0.3) is 0 Å². The van der Waals surface area contributed by atoms with E-state index in [9.17, 15) is 4.79 Å². The highest BCUT2D eigenvalue weighted by atomic mass is 16.1. The SMILES string of the molecule is CC(C)Cn1[nH]c2c(c1=O)CNCC2. The normalized spacial score (nSPS) is 15.9. The van der Waals surface area contributed by atoms with Crippen LogP contribution < -0.4 is 10.9 Å². The Morgan fingerprint density at radius 3 is 2.93 bits per heavy atom. The molecule has 0 fully saturated rings. The quantitative estimate of drug-likeness (QED) is 0.721. The highest BCUT2D eigenvalue weighted by Crippen LogP contribution is 2.07. The van der Waals surface area contributed by atoms with Crippen LogP contribution in [0.1, 0.15) is 25.1 Å². The number of nitrogens with one attached hydrogen (secondary N) is 2. The van der Waals surface area contributed by atoms with E-state index in [1.807, 2.05) is 0 Å². The monoisotopic (exact) mass is 195 g/mol. The average Bonchev–Trinajstić information content (AvgIpc) is 2.44. The third kappa shape index (κ3) is 1.62. The molecular formula is C10H17N3O. The molecule has 0 saturated heterocycles. The van der Waals surface area contributed by atoms with E-state index in [-0.39, 0.29) is 5.56 Å². The molecule has 4 nitrogen and oxygen atoms in total. The van der Waals surface area contributed by atoms with Gasteiger partial charge in [-0.15, -0.1) is 0 Å². The van der Waals surface area contributed by atoms with Crippen LogP contribution in [-0.2, 0) is 19.5 Å². The molecule has 78 valence electrons. The van der Waals surface area contributed by atoms with E-state index < -0.39 is 0 Å². The molecule has 0 radical (unpaired) electrons. The molecule has 2 heterocycles. The number of hydrogen-bond acceptors (Lipinski definition) is 2. The van der Waals surface area contributed by atoms with E-state index >= 15 is 0 Å². The molecule has 0 saturated carbocycles. The maximum absolute atomic E-state index is 11.8. The van der Waals surface area contributed by atoms with Gasteiger partial charge in [-0.25, -0.2) is 0 Å². The van der Waals surface area contributed by atoms with Gasteiger partial charge in [0.1, 0.15) is 0 Å². The van der Waals surface area contributed by atoms with Gasteiger partial charge in [-0.05, 0) is 5.92 Å². The van der Waals surface area contributed by atoms with Gasteiger partial charge in [0.2, 0.25) is 0 Å². The van der Waals surface area contributed by atoms with E-state index in [4.69, 9.17) is 0 Å². The van der Waals surface area contributed by atoms with E-state index in [1.165, 1.54) is 0 Å². The van der Waals surface area contributed by atoms with Crippen LogP contribution in [0.15, 0.2) is 4.79 Å². The molecule has 4 heteroatoms. The zero-order chi connectivity index (χ0) is 10.1. The molecule has 0 spiro atoms. The van der Waals surface area contributed by atoms with Crippen molar-refractivity contribution in [3.63, 3.8) is 0 Å². The summed E-state index contributed by atoms with van der Waals surface area (Å²) < 4.78 is 1.74. The molecular weight excluding hydrogens is 178 g/mol. The number of aromatic nitrogens is 2. The Labute approximate surface area is 83.3 Å². The summed E-state index contributed by atoms with van der Waals surface area (Å²) in [6, 6.07) is 0. The van der Waals surface area contributed by atoms with E-state index in [2.05, 4.69) is 24.3 Å². The van der Waals surface area contributed by atoms with Gasteiger partial charge in [0, 0.05) is 31.7 Å². The van der Waals surface area contributed by atoms with Crippen molar-refractivity contribution in [3.8, 4) is 0 Å². The van der Waals surface area contributed by atoms with E-state index in [1.54, 1.807) is 4.68 Å². The summed E-state index contributed by atoms with van der Waals surface area (Å²) in [5, 5.41) is 6.41. The number of fused-ring (bicyclic) bond motifs is 1. The Morgan fingerprint density at radius 1 is 1.50 bits per heavy atom. The summed E-state index contributed by atoms with van der Waals surface area (Å²) in [5.74, 6) is 0.501. The maximum atomic E-state index is 11.8. The van der Waals surface area contributed by atoms with Crippen molar-refractivity contribution >= 4 is 0 Å². The van der Waals surface area contributed by atoms with Crippen LogP contribution in [0.4, 0.5) is 0 Å². The molecule has 0 aromatic carbocycles. The van der Waals surface area contributed by atoms with Gasteiger partial charge in [0.15, 0.2) is 0 Å². The molecule has 0 aliphatic carbocycles. The second-order valence-electron chi connectivity index (χ2n) is 4.31. The van der Waals surface area contributed by atoms with Crippen molar-refractivity contribution in [2.24, 2.45) is 5.92 Å². The second kappa shape index (κ2) is 3.61. The lowest BCUT2D eigenvalue weighted by atomic mass is 10.1. The second-order valence-corrected chi connectivity index (χ2v) is 4.31. The first-order chi connectivity index (χ1) is 6.68. The minimum absolute atomic E-state index is 0.154. The van der Waals surface area contributed by atoms with Crippen LogP contribution in [0.2, 0.25) is 0 Å². The van der Waals surface area contributed by atoms with E-state index in [0.717, 1.165) is 37.3 Å². The number of nitrogens with zero attached hydrogens (tertiary/aromatic N) is 1. The molecule has 2 N–H and O–H groups in total. The van der Waals surface area contributed by atoms with Crippen molar-refractivity contribution in [2.45, 2.75) is 33.4 Å². The van der Waals surface area contributed by atoms with Crippen LogP contribution in [-0.4, -0.2) is 16.3 Å². The van der Waals surface area contributed by atoms with Crippen LogP contribution >= 0.6 is 0 Å². The van der Waals surface area contributed by atoms with Gasteiger partial charge in [-0.3, -0.25) is 14.6 Å². The smallest absolute Gasteiger partial charge is 0.271 e. The van der Waals surface area contributed by atoms with Crippen molar-refractivity contribution in [3.05, 3.63) is 21.6 Å². The van der Waals surface area contributed by atoms with Crippen molar-refractivity contribution < 1.29 is 0 Å². The number of hydrogen-bond donors (Lipinski definition) is 2. The Hall–Kier alpha value is -1.03. The standard InChI is InChI=1S/C10H17N3O/c1-7(2)6-13-10(14)8-5-11-4-3-9(8)12-13/h7,11-12H,3-6H2,1-2H3. The number of rotatable bonds is 2. The van der Waals surface area contributed by atoms with Gasteiger partial charge >= 0.3 is 0 Å². The summed E-state index contributed by atoms with van der Waals surface area (Å²) in [4.78, 5) is 11.8.